The molecule has 8 heteroatoms. The molecule has 0 radical (unpaired) electrons. The molecule has 0 aromatic heterocycles. The van der Waals surface area contributed by atoms with Gasteiger partial charge in [-0.25, -0.2) is 4.79 Å². The lowest BCUT2D eigenvalue weighted by atomic mass is 10.00. The van der Waals surface area contributed by atoms with Crippen molar-refractivity contribution in [3.63, 3.8) is 0 Å². The Balaban J connectivity index is 1.55. The van der Waals surface area contributed by atoms with Crippen LogP contribution in [-0.4, -0.2) is 24.8 Å². The first-order chi connectivity index (χ1) is 14.8. The first kappa shape index (κ1) is 21.9. The topological polar surface area (TPSA) is 64.6 Å². The summed E-state index contributed by atoms with van der Waals surface area (Å²) in [5, 5.41) is 2.44. The van der Waals surface area contributed by atoms with E-state index in [1.54, 1.807) is 12.1 Å². The maximum absolute atomic E-state index is 12.5. The molecule has 0 aliphatic rings. The van der Waals surface area contributed by atoms with Crippen LogP contribution in [0.15, 0.2) is 78.9 Å². The maximum atomic E-state index is 12.5. The molecule has 3 aromatic rings. The number of carbonyl (C=O) groups excluding carboxylic acids is 2. The first-order valence-corrected chi connectivity index (χ1v) is 9.25. The summed E-state index contributed by atoms with van der Waals surface area (Å²) in [5.41, 5.74) is 2.38. The average Bonchev–Trinajstić information content (AvgIpc) is 2.73. The number of nitrogens with one attached hydrogen (secondary N) is 1. The van der Waals surface area contributed by atoms with Gasteiger partial charge in [0.05, 0.1) is 5.56 Å². The summed E-state index contributed by atoms with van der Waals surface area (Å²) >= 11 is 0. The molecule has 3 aromatic carbocycles. The Morgan fingerprint density at radius 1 is 0.839 bits per heavy atom. The van der Waals surface area contributed by atoms with E-state index in [4.69, 9.17) is 4.74 Å². The van der Waals surface area contributed by atoms with Gasteiger partial charge in [0.2, 0.25) is 0 Å². The highest BCUT2D eigenvalue weighted by atomic mass is 19.4. The molecule has 0 saturated heterocycles. The lowest BCUT2D eigenvalue weighted by Gasteiger charge is -2.11. The Morgan fingerprint density at radius 3 is 2.16 bits per heavy atom. The van der Waals surface area contributed by atoms with Crippen LogP contribution in [0.2, 0.25) is 0 Å². The van der Waals surface area contributed by atoms with Crippen molar-refractivity contribution in [2.75, 3.05) is 11.9 Å². The van der Waals surface area contributed by atoms with E-state index in [0.717, 1.165) is 23.3 Å². The second kappa shape index (κ2) is 9.80. The third-order valence-electron chi connectivity index (χ3n) is 4.18. The SMILES string of the molecule is O=C(COC(=O)c1ccccc1Cc1ccccc1)Nc1ccc(OC(F)(F)F)cc1. The summed E-state index contributed by atoms with van der Waals surface area (Å²) in [4.78, 5) is 24.5. The van der Waals surface area contributed by atoms with Crippen molar-refractivity contribution >= 4 is 17.6 Å². The van der Waals surface area contributed by atoms with Crippen molar-refractivity contribution in [2.45, 2.75) is 12.8 Å². The Morgan fingerprint density at radius 2 is 1.48 bits per heavy atom. The van der Waals surface area contributed by atoms with Gasteiger partial charge in [0.15, 0.2) is 6.61 Å². The van der Waals surface area contributed by atoms with Crippen LogP contribution in [0, 0.1) is 0 Å². The van der Waals surface area contributed by atoms with Crippen molar-refractivity contribution in [1.82, 2.24) is 0 Å². The van der Waals surface area contributed by atoms with Crippen molar-refractivity contribution < 1.29 is 32.2 Å². The molecule has 160 valence electrons. The third kappa shape index (κ3) is 6.88. The molecule has 0 atom stereocenters. The lowest BCUT2D eigenvalue weighted by molar-refractivity contribution is -0.274. The number of alkyl halides is 3. The molecule has 3 rings (SSSR count). The molecule has 5 nitrogen and oxygen atoms in total. The number of rotatable bonds is 7. The summed E-state index contributed by atoms with van der Waals surface area (Å²) in [6.45, 7) is -0.542. The van der Waals surface area contributed by atoms with Gasteiger partial charge < -0.3 is 14.8 Å². The number of benzene rings is 3. The Bertz CT molecular complexity index is 1030. The van der Waals surface area contributed by atoms with Gasteiger partial charge in [-0.05, 0) is 47.9 Å². The van der Waals surface area contributed by atoms with Crippen molar-refractivity contribution in [3.8, 4) is 5.75 Å². The molecule has 0 aliphatic carbocycles. The monoisotopic (exact) mass is 429 g/mol. The molecule has 1 N–H and O–H groups in total. The molecule has 0 aliphatic heterocycles. The molecule has 1 amide bonds. The Labute approximate surface area is 176 Å². The zero-order valence-electron chi connectivity index (χ0n) is 16.2. The number of esters is 1. The summed E-state index contributed by atoms with van der Waals surface area (Å²) in [6, 6.07) is 21.2. The zero-order valence-corrected chi connectivity index (χ0v) is 16.2. The summed E-state index contributed by atoms with van der Waals surface area (Å²) in [5.74, 6) is -1.68. The minimum Gasteiger partial charge on any atom is -0.452 e. The number of amides is 1. The van der Waals surface area contributed by atoms with Crippen LogP contribution in [0.5, 0.6) is 5.75 Å². The predicted octanol–water partition coefficient (Wildman–Crippen LogP) is 4.97. The molecule has 0 spiro atoms. The number of ether oxygens (including phenoxy) is 2. The number of carbonyl (C=O) groups is 2. The normalized spacial score (nSPS) is 10.9. The molecule has 0 unspecified atom stereocenters. The number of anilines is 1. The van der Waals surface area contributed by atoms with Gasteiger partial charge >= 0.3 is 12.3 Å². The van der Waals surface area contributed by atoms with Crippen LogP contribution in [0.4, 0.5) is 18.9 Å². The van der Waals surface area contributed by atoms with E-state index < -0.39 is 30.6 Å². The van der Waals surface area contributed by atoms with Crippen LogP contribution >= 0.6 is 0 Å². The smallest absolute Gasteiger partial charge is 0.452 e. The van der Waals surface area contributed by atoms with Crippen LogP contribution in [0.25, 0.3) is 0 Å². The summed E-state index contributed by atoms with van der Waals surface area (Å²) < 4.78 is 45.4. The minimum absolute atomic E-state index is 0.236. The van der Waals surface area contributed by atoms with E-state index in [-0.39, 0.29) is 5.69 Å². The third-order valence-corrected chi connectivity index (χ3v) is 4.18. The zero-order chi connectivity index (χ0) is 22.3. The Kier molecular flexibility index (Phi) is 6.92. The minimum atomic E-state index is -4.80. The van der Waals surface area contributed by atoms with E-state index in [2.05, 4.69) is 10.1 Å². The van der Waals surface area contributed by atoms with Crippen molar-refractivity contribution in [1.29, 1.82) is 0 Å². The fraction of sp³-hybridized carbons (Fsp3) is 0.130. The van der Waals surface area contributed by atoms with E-state index in [0.29, 0.717) is 12.0 Å². The van der Waals surface area contributed by atoms with Crippen LogP contribution in [0.1, 0.15) is 21.5 Å². The maximum Gasteiger partial charge on any atom is 0.573 e. The second-order valence-electron chi connectivity index (χ2n) is 6.52. The van der Waals surface area contributed by atoms with Crippen LogP contribution < -0.4 is 10.1 Å². The van der Waals surface area contributed by atoms with E-state index in [9.17, 15) is 22.8 Å². The Hall–Kier alpha value is -3.81. The van der Waals surface area contributed by atoms with Crippen LogP contribution in [0.3, 0.4) is 0 Å². The van der Waals surface area contributed by atoms with Gasteiger partial charge in [-0.1, -0.05) is 48.5 Å². The number of hydrogen-bond acceptors (Lipinski definition) is 4. The molecule has 0 saturated carbocycles. The number of halogens is 3. The lowest BCUT2D eigenvalue weighted by Crippen LogP contribution is -2.21. The number of hydrogen-bond donors (Lipinski definition) is 1. The second-order valence-corrected chi connectivity index (χ2v) is 6.52. The fourth-order valence-corrected chi connectivity index (χ4v) is 2.84. The highest BCUT2D eigenvalue weighted by Crippen LogP contribution is 2.24. The van der Waals surface area contributed by atoms with Gasteiger partial charge in [0.1, 0.15) is 5.75 Å². The fourth-order valence-electron chi connectivity index (χ4n) is 2.84. The van der Waals surface area contributed by atoms with Crippen LogP contribution in [-0.2, 0) is 16.0 Å². The predicted molar refractivity (Wildman–Crippen MR) is 108 cm³/mol. The van der Waals surface area contributed by atoms with Gasteiger partial charge in [0, 0.05) is 5.69 Å². The highest BCUT2D eigenvalue weighted by Gasteiger charge is 2.31. The van der Waals surface area contributed by atoms with Gasteiger partial charge in [-0.2, -0.15) is 0 Å². The highest BCUT2D eigenvalue weighted by molar-refractivity contribution is 5.96. The summed E-state index contributed by atoms with van der Waals surface area (Å²) in [7, 11) is 0. The molecule has 0 fully saturated rings. The summed E-state index contributed by atoms with van der Waals surface area (Å²) in [6.07, 6.45) is -4.26. The quantitative estimate of drug-likeness (QED) is 0.539. The van der Waals surface area contributed by atoms with Crippen molar-refractivity contribution in [2.24, 2.45) is 0 Å². The molecular formula is C23H18F3NO4. The van der Waals surface area contributed by atoms with E-state index >= 15 is 0 Å². The van der Waals surface area contributed by atoms with Crippen molar-refractivity contribution in [3.05, 3.63) is 95.6 Å². The largest absolute Gasteiger partial charge is 0.573 e. The van der Waals surface area contributed by atoms with Gasteiger partial charge in [-0.15, -0.1) is 13.2 Å². The van der Waals surface area contributed by atoms with E-state index in [1.165, 1.54) is 12.1 Å². The molecular weight excluding hydrogens is 411 g/mol. The first-order valence-electron chi connectivity index (χ1n) is 9.25. The van der Waals surface area contributed by atoms with Gasteiger partial charge in [-0.3, -0.25) is 4.79 Å². The van der Waals surface area contributed by atoms with E-state index in [1.807, 2.05) is 42.5 Å². The van der Waals surface area contributed by atoms with Gasteiger partial charge in [0.25, 0.3) is 5.91 Å². The molecule has 31 heavy (non-hydrogen) atoms. The standard InChI is InChI=1S/C23H18F3NO4/c24-23(25,26)31-19-12-10-18(11-13-19)27-21(28)15-30-22(29)20-9-5-4-8-17(20)14-16-6-2-1-3-7-16/h1-13H,14-15H2,(H,27,28). The molecule has 0 heterocycles. The average molecular weight is 429 g/mol. The molecule has 0 bridgehead atoms.